The summed E-state index contributed by atoms with van der Waals surface area (Å²) < 4.78 is 0. The van der Waals surface area contributed by atoms with Crippen LogP contribution in [0.15, 0.2) is 60.7 Å². The van der Waals surface area contributed by atoms with E-state index in [0.717, 1.165) is 0 Å². The minimum absolute atomic E-state index is 0.685. The molecule has 0 aliphatic heterocycles. The molecule has 0 spiro atoms. The van der Waals surface area contributed by atoms with Gasteiger partial charge in [0, 0.05) is 0 Å². The Morgan fingerprint density at radius 1 is 0.600 bits per heavy atom. The summed E-state index contributed by atoms with van der Waals surface area (Å²) in [5.74, 6) is -1.59. The Bertz CT molecular complexity index is 519. The maximum absolute atomic E-state index is 11.5. The van der Waals surface area contributed by atoms with Crippen molar-refractivity contribution < 1.29 is 9.59 Å². The Balaban J connectivity index is 1.76. The van der Waals surface area contributed by atoms with Crippen LogP contribution in [0.5, 0.6) is 0 Å². The minimum Gasteiger partial charge on any atom is -0.298 e. The molecule has 0 unspecified atom stereocenters. The van der Waals surface area contributed by atoms with Crippen molar-refractivity contribution in [3.63, 3.8) is 0 Å². The molecule has 0 fully saturated rings. The number of para-hydroxylation sites is 2. The van der Waals surface area contributed by atoms with E-state index in [1.807, 2.05) is 36.4 Å². The topological polar surface area (TPSA) is 82.3 Å². The van der Waals surface area contributed by atoms with Crippen molar-refractivity contribution >= 4 is 23.2 Å². The highest BCUT2D eigenvalue weighted by molar-refractivity contribution is 6.35. The van der Waals surface area contributed by atoms with E-state index in [1.54, 1.807) is 24.3 Å². The van der Waals surface area contributed by atoms with Crippen molar-refractivity contribution in [2.45, 2.75) is 0 Å². The van der Waals surface area contributed by atoms with Gasteiger partial charge in [-0.2, -0.15) is 0 Å². The Hall–Kier alpha value is -3.02. The molecule has 0 atom stereocenters. The van der Waals surface area contributed by atoms with Crippen molar-refractivity contribution in [3.8, 4) is 0 Å². The predicted molar refractivity (Wildman–Crippen MR) is 76.4 cm³/mol. The number of carbonyl (C=O) groups is 2. The average molecular weight is 270 g/mol. The molecule has 2 rings (SSSR count). The highest BCUT2D eigenvalue weighted by Gasteiger charge is 2.12. The molecule has 4 N–H and O–H groups in total. The average Bonchev–Trinajstić information content (AvgIpc) is 2.52. The molecule has 2 aromatic rings. The Morgan fingerprint density at radius 2 is 0.950 bits per heavy atom. The first kappa shape index (κ1) is 13.4. The fraction of sp³-hybridized carbons (Fsp3) is 0. The molecule has 2 aromatic carbocycles. The molecule has 6 heteroatoms. The van der Waals surface area contributed by atoms with E-state index in [2.05, 4.69) is 21.7 Å². The molecule has 0 saturated heterocycles. The summed E-state index contributed by atoms with van der Waals surface area (Å²) in [4.78, 5) is 23.0. The van der Waals surface area contributed by atoms with E-state index in [1.165, 1.54) is 0 Å². The third-order valence-electron chi connectivity index (χ3n) is 2.39. The van der Waals surface area contributed by atoms with E-state index < -0.39 is 11.8 Å². The van der Waals surface area contributed by atoms with Gasteiger partial charge in [-0.1, -0.05) is 36.4 Å². The van der Waals surface area contributed by atoms with Crippen LogP contribution in [0, 0.1) is 0 Å². The summed E-state index contributed by atoms with van der Waals surface area (Å²) in [5.41, 5.74) is 11.2. The second-order valence-electron chi connectivity index (χ2n) is 3.89. The Kier molecular flexibility index (Phi) is 4.55. The first-order chi connectivity index (χ1) is 9.75. The van der Waals surface area contributed by atoms with E-state index >= 15 is 0 Å². The van der Waals surface area contributed by atoms with Gasteiger partial charge in [0.05, 0.1) is 11.4 Å². The van der Waals surface area contributed by atoms with Gasteiger partial charge < -0.3 is 0 Å². The highest BCUT2D eigenvalue weighted by atomic mass is 16.2. The van der Waals surface area contributed by atoms with Crippen molar-refractivity contribution in [1.29, 1.82) is 0 Å². The molecule has 2 amide bonds. The number of carbonyl (C=O) groups excluding carboxylic acids is 2. The first-order valence-corrected chi connectivity index (χ1v) is 5.98. The number of hydrazine groups is 2. The van der Waals surface area contributed by atoms with Crippen LogP contribution in [0.3, 0.4) is 0 Å². The second kappa shape index (κ2) is 6.79. The van der Waals surface area contributed by atoms with Crippen LogP contribution in [0.25, 0.3) is 0 Å². The number of hydrogen-bond acceptors (Lipinski definition) is 4. The molecule has 0 heterocycles. The minimum atomic E-state index is -0.794. The SMILES string of the molecule is O=C(NNc1ccccc1)C(=O)NNc1ccccc1. The van der Waals surface area contributed by atoms with Crippen LogP contribution >= 0.6 is 0 Å². The van der Waals surface area contributed by atoms with Gasteiger partial charge in [0.25, 0.3) is 0 Å². The second-order valence-corrected chi connectivity index (χ2v) is 3.89. The van der Waals surface area contributed by atoms with Gasteiger partial charge in [0.2, 0.25) is 0 Å². The lowest BCUT2D eigenvalue weighted by atomic mass is 10.3. The lowest BCUT2D eigenvalue weighted by molar-refractivity contribution is -0.138. The summed E-state index contributed by atoms with van der Waals surface area (Å²) in [6, 6.07) is 18.0. The zero-order chi connectivity index (χ0) is 14.2. The Morgan fingerprint density at radius 3 is 1.30 bits per heavy atom. The van der Waals surface area contributed by atoms with E-state index in [-0.39, 0.29) is 0 Å². The third-order valence-corrected chi connectivity index (χ3v) is 2.39. The molecule has 0 aliphatic rings. The largest absolute Gasteiger partial charge is 0.329 e. The number of benzene rings is 2. The maximum atomic E-state index is 11.5. The smallest absolute Gasteiger partial charge is 0.298 e. The van der Waals surface area contributed by atoms with Gasteiger partial charge in [-0.05, 0) is 24.3 Å². The predicted octanol–water partition coefficient (Wildman–Crippen LogP) is 1.27. The van der Waals surface area contributed by atoms with Crippen LogP contribution < -0.4 is 21.7 Å². The van der Waals surface area contributed by atoms with Gasteiger partial charge in [-0.3, -0.25) is 31.3 Å². The molecular formula is C14H14N4O2. The Labute approximate surface area is 116 Å². The number of hydrogen-bond donors (Lipinski definition) is 4. The van der Waals surface area contributed by atoms with E-state index in [9.17, 15) is 9.59 Å². The summed E-state index contributed by atoms with van der Waals surface area (Å²) in [6.45, 7) is 0. The van der Waals surface area contributed by atoms with E-state index in [0.29, 0.717) is 11.4 Å². The molecular weight excluding hydrogens is 256 g/mol. The summed E-state index contributed by atoms with van der Waals surface area (Å²) >= 11 is 0. The fourth-order valence-corrected chi connectivity index (χ4v) is 1.41. The molecule has 0 radical (unpaired) electrons. The zero-order valence-corrected chi connectivity index (χ0v) is 10.6. The number of rotatable bonds is 4. The standard InChI is InChI=1S/C14H14N4O2/c19-13(17-15-11-7-3-1-4-8-11)14(20)18-16-12-9-5-2-6-10-12/h1-10,15-16H,(H,17,19)(H,18,20). The van der Waals surface area contributed by atoms with Crippen molar-refractivity contribution in [2.24, 2.45) is 0 Å². The quantitative estimate of drug-likeness (QED) is 0.498. The number of amides is 2. The van der Waals surface area contributed by atoms with Crippen LogP contribution in [-0.4, -0.2) is 11.8 Å². The van der Waals surface area contributed by atoms with Crippen molar-refractivity contribution in [1.82, 2.24) is 10.9 Å². The molecule has 0 aromatic heterocycles. The molecule has 20 heavy (non-hydrogen) atoms. The monoisotopic (exact) mass is 270 g/mol. The zero-order valence-electron chi connectivity index (χ0n) is 10.6. The highest BCUT2D eigenvalue weighted by Crippen LogP contribution is 2.03. The molecule has 102 valence electrons. The van der Waals surface area contributed by atoms with Crippen molar-refractivity contribution in [2.75, 3.05) is 10.9 Å². The lowest BCUT2D eigenvalue weighted by Gasteiger charge is -2.10. The number of nitrogens with one attached hydrogen (secondary N) is 4. The lowest BCUT2D eigenvalue weighted by Crippen LogP contribution is -2.44. The van der Waals surface area contributed by atoms with Crippen LogP contribution in [0.1, 0.15) is 0 Å². The summed E-state index contributed by atoms with van der Waals surface area (Å²) in [7, 11) is 0. The van der Waals surface area contributed by atoms with Gasteiger partial charge >= 0.3 is 11.8 Å². The van der Waals surface area contributed by atoms with Crippen LogP contribution in [0.4, 0.5) is 11.4 Å². The normalized spacial score (nSPS) is 9.40. The fourth-order valence-electron chi connectivity index (χ4n) is 1.41. The van der Waals surface area contributed by atoms with Crippen molar-refractivity contribution in [3.05, 3.63) is 60.7 Å². The van der Waals surface area contributed by atoms with Gasteiger partial charge in [0.15, 0.2) is 0 Å². The van der Waals surface area contributed by atoms with Gasteiger partial charge in [0.1, 0.15) is 0 Å². The summed E-state index contributed by atoms with van der Waals surface area (Å²) in [6.07, 6.45) is 0. The summed E-state index contributed by atoms with van der Waals surface area (Å²) in [5, 5.41) is 0. The molecule has 0 bridgehead atoms. The van der Waals surface area contributed by atoms with Gasteiger partial charge in [-0.15, -0.1) is 0 Å². The maximum Gasteiger partial charge on any atom is 0.329 e. The third kappa shape index (κ3) is 4.02. The van der Waals surface area contributed by atoms with Crippen LogP contribution in [-0.2, 0) is 9.59 Å². The molecule has 6 nitrogen and oxygen atoms in total. The molecule has 0 saturated carbocycles. The van der Waals surface area contributed by atoms with E-state index in [4.69, 9.17) is 0 Å². The van der Waals surface area contributed by atoms with Crippen LogP contribution in [0.2, 0.25) is 0 Å². The molecule has 0 aliphatic carbocycles. The number of anilines is 2. The van der Waals surface area contributed by atoms with Gasteiger partial charge in [-0.25, -0.2) is 0 Å². The first-order valence-electron chi connectivity index (χ1n) is 5.98.